The first-order valence-electron chi connectivity index (χ1n) is 7.67. The monoisotopic (exact) mass is 331 g/mol. The van der Waals surface area contributed by atoms with Gasteiger partial charge in [-0.25, -0.2) is 4.98 Å². The minimum Gasteiger partial charge on any atom is -0.350 e. The SMILES string of the molecule is CCCCC(=O)NCc1csc(Nc2ccc(C(C)=O)cc2)n1. The third-order valence-electron chi connectivity index (χ3n) is 3.32. The van der Waals surface area contributed by atoms with Gasteiger partial charge in [-0.3, -0.25) is 9.59 Å². The van der Waals surface area contributed by atoms with Gasteiger partial charge in [0.1, 0.15) is 0 Å². The van der Waals surface area contributed by atoms with E-state index in [4.69, 9.17) is 0 Å². The Bertz CT molecular complexity index is 665. The van der Waals surface area contributed by atoms with Gasteiger partial charge in [0.25, 0.3) is 0 Å². The molecule has 0 saturated carbocycles. The number of anilines is 2. The fourth-order valence-electron chi connectivity index (χ4n) is 1.97. The molecule has 0 fully saturated rings. The molecule has 0 unspecified atom stereocenters. The number of hydrogen-bond donors (Lipinski definition) is 2. The van der Waals surface area contributed by atoms with Crippen LogP contribution in [0, 0.1) is 0 Å². The summed E-state index contributed by atoms with van der Waals surface area (Å²) in [7, 11) is 0. The van der Waals surface area contributed by atoms with Crippen LogP contribution in [-0.2, 0) is 11.3 Å². The van der Waals surface area contributed by atoms with E-state index in [1.807, 2.05) is 17.5 Å². The molecule has 0 atom stereocenters. The highest BCUT2D eigenvalue weighted by Crippen LogP contribution is 2.21. The van der Waals surface area contributed by atoms with Gasteiger partial charge in [-0.05, 0) is 37.6 Å². The van der Waals surface area contributed by atoms with E-state index in [0.717, 1.165) is 29.4 Å². The lowest BCUT2D eigenvalue weighted by atomic mass is 10.1. The summed E-state index contributed by atoms with van der Waals surface area (Å²) in [5.41, 5.74) is 2.40. The van der Waals surface area contributed by atoms with Crippen molar-refractivity contribution in [1.82, 2.24) is 10.3 Å². The first-order chi connectivity index (χ1) is 11.1. The highest BCUT2D eigenvalue weighted by atomic mass is 32.1. The Morgan fingerprint density at radius 1 is 1.22 bits per heavy atom. The van der Waals surface area contributed by atoms with Crippen LogP contribution < -0.4 is 10.6 Å². The number of carbonyl (C=O) groups is 2. The molecule has 0 aliphatic heterocycles. The average molecular weight is 331 g/mol. The van der Waals surface area contributed by atoms with Gasteiger partial charge < -0.3 is 10.6 Å². The number of ketones is 1. The van der Waals surface area contributed by atoms with Crippen molar-refractivity contribution in [3.63, 3.8) is 0 Å². The van der Waals surface area contributed by atoms with E-state index < -0.39 is 0 Å². The van der Waals surface area contributed by atoms with Gasteiger partial charge in [-0.2, -0.15) is 0 Å². The van der Waals surface area contributed by atoms with Crippen LogP contribution in [0.1, 0.15) is 49.2 Å². The van der Waals surface area contributed by atoms with Crippen molar-refractivity contribution in [3.8, 4) is 0 Å². The molecule has 0 aliphatic rings. The maximum atomic E-state index is 11.6. The average Bonchev–Trinajstić information content (AvgIpc) is 2.99. The third-order valence-corrected chi connectivity index (χ3v) is 4.13. The van der Waals surface area contributed by atoms with Gasteiger partial charge in [-0.1, -0.05) is 13.3 Å². The number of unbranched alkanes of at least 4 members (excludes halogenated alkanes) is 1. The number of amides is 1. The van der Waals surface area contributed by atoms with Crippen LogP contribution in [-0.4, -0.2) is 16.7 Å². The zero-order chi connectivity index (χ0) is 16.7. The van der Waals surface area contributed by atoms with Crippen molar-refractivity contribution >= 4 is 33.8 Å². The molecule has 6 heteroatoms. The molecule has 2 aromatic rings. The number of benzene rings is 1. The lowest BCUT2D eigenvalue weighted by molar-refractivity contribution is -0.121. The number of hydrogen-bond acceptors (Lipinski definition) is 5. The molecule has 5 nitrogen and oxygen atoms in total. The third kappa shape index (κ3) is 5.49. The predicted molar refractivity (Wildman–Crippen MR) is 93.2 cm³/mol. The van der Waals surface area contributed by atoms with Crippen LogP contribution in [0.2, 0.25) is 0 Å². The van der Waals surface area contributed by atoms with E-state index in [1.165, 1.54) is 11.3 Å². The maximum absolute atomic E-state index is 11.6. The molecule has 0 spiro atoms. The molecule has 0 radical (unpaired) electrons. The first-order valence-corrected chi connectivity index (χ1v) is 8.55. The van der Waals surface area contributed by atoms with E-state index in [-0.39, 0.29) is 11.7 Å². The normalized spacial score (nSPS) is 10.3. The van der Waals surface area contributed by atoms with Gasteiger partial charge in [0.05, 0.1) is 12.2 Å². The van der Waals surface area contributed by atoms with Crippen LogP contribution in [0.25, 0.3) is 0 Å². The zero-order valence-corrected chi connectivity index (χ0v) is 14.2. The highest BCUT2D eigenvalue weighted by Gasteiger charge is 2.05. The van der Waals surface area contributed by atoms with E-state index >= 15 is 0 Å². The van der Waals surface area contributed by atoms with E-state index in [2.05, 4.69) is 22.5 Å². The largest absolute Gasteiger partial charge is 0.350 e. The fourth-order valence-corrected chi connectivity index (χ4v) is 2.70. The number of aromatic nitrogens is 1. The number of nitrogens with one attached hydrogen (secondary N) is 2. The van der Waals surface area contributed by atoms with Gasteiger partial charge >= 0.3 is 0 Å². The molecule has 2 N–H and O–H groups in total. The Morgan fingerprint density at radius 2 is 1.96 bits per heavy atom. The predicted octanol–water partition coefficient (Wildman–Crippen LogP) is 3.90. The molecule has 23 heavy (non-hydrogen) atoms. The Balaban J connectivity index is 1.86. The van der Waals surface area contributed by atoms with Crippen LogP contribution in [0.5, 0.6) is 0 Å². The Kier molecular flexibility index (Phi) is 6.29. The molecule has 1 amide bonds. The number of Topliss-reactive ketones (excluding diaryl/α,β-unsaturated/α-hetero) is 1. The minimum absolute atomic E-state index is 0.0481. The summed E-state index contributed by atoms with van der Waals surface area (Å²) in [6.07, 6.45) is 2.49. The smallest absolute Gasteiger partial charge is 0.220 e. The van der Waals surface area contributed by atoms with Crippen LogP contribution in [0.15, 0.2) is 29.6 Å². The number of rotatable bonds is 8. The van der Waals surface area contributed by atoms with Gasteiger partial charge in [0, 0.05) is 23.1 Å². The standard InChI is InChI=1S/C17H21N3O2S/c1-3-4-5-16(22)18-10-15-11-23-17(20-15)19-14-8-6-13(7-9-14)12(2)21/h6-9,11H,3-5,10H2,1-2H3,(H,18,22)(H,19,20). The Morgan fingerprint density at radius 3 is 2.61 bits per heavy atom. The second-order valence-electron chi connectivity index (χ2n) is 5.28. The second-order valence-corrected chi connectivity index (χ2v) is 6.14. The van der Waals surface area contributed by atoms with Crippen molar-refractivity contribution < 1.29 is 9.59 Å². The summed E-state index contributed by atoms with van der Waals surface area (Å²) in [4.78, 5) is 27.3. The van der Waals surface area contributed by atoms with Gasteiger partial charge in [0.15, 0.2) is 10.9 Å². The summed E-state index contributed by atoms with van der Waals surface area (Å²) in [5.74, 6) is 0.112. The Hall–Kier alpha value is -2.21. The fraction of sp³-hybridized carbons (Fsp3) is 0.353. The maximum Gasteiger partial charge on any atom is 0.220 e. The minimum atomic E-state index is 0.0481. The van der Waals surface area contributed by atoms with Crippen LogP contribution in [0.3, 0.4) is 0 Å². The molecule has 1 aromatic carbocycles. The summed E-state index contributed by atoms with van der Waals surface area (Å²) in [6, 6.07) is 7.27. The lowest BCUT2D eigenvalue weighted by Gasteiger charge is -2.04. The summed E-state index contributed by atoms with van der Waals surface area (Å²) in [5, 5.41) is 8.75. The summed E-state index contributed by atoms with van der Waals surface area (Å²) < 4.78 is 0. The van der Waals surface area contributed by atoms with E-state index in [9.17, 15) is 9.59 Å². The molecule has 0 saturated heterocycles. The number of carbonyl (C=O) groups excluding carboxylic acids is 2. The van der Waals surface area contributed by atoms with Gasteiger partial charge in [0.2, 0.25) is 5.91 Å². The number of nitrogens with zero attached hydrogens (tertiary/aromatic N) is 1. The van der Waals surface area contributed by atoms with Crippen LogP contribution >= 0.6 is 11.3 Å². The van der Waals surface area contributed by atoms with E-state index in [0.29, 0.717) is 18.5 Å². The molecule has 122 valence electrons. The number of thiazole rings is 1. The molecule has 2 rings (SSSR count). The van der Waals surface area contributed by atoms with E-state index in [1.54, 1.807) is 19.1 Å². The molecule has 1 aromatic heterocycles. The quantitative estimate of drug-likeness (QED) is 0.720. The molecular weight excluding hydrogens is 310 g/mol. The highest BCUT2D eigenvalue weighted by molar-refractivity contribution is 7.13. The summed E-state index contributed by atoms with van der Waals surface area (Å²) >= 11 is 1.48. The van der Waals surface area contributed by atoms with Crippen molar-refractivity contribution in [3.05, 3.63) is 40.9 Å². The van der Waals surface area contributed by atoms with Crippen molar-refractivity contribution in [2.75, 3.05) is 5.32 Å². The van der Waals surface area contributed by atoms with Gasteiger partial charge in [-0.15, -0.1) is 11.3 Å². The second kappa shape index (κ2) is 8.43. The molecular formula is C17H21N3O2S. The van der Waals surface area contributed by atoms with Crippen molar-refractivity contribution in [1.29, 1.82) is 0 Å². The Labute approximate surface area is 140 Å². The molecule has 0 bridgehead atoms. The first kappa shape index (κ1) is 17.1. The lowest BCUT2D eigenvalue weighted by Crippen LogP contribution is -2.22. The van der Waals surface area contributed by atoms with Crippen LogP contribution in [0.4, 0.5) is 10.8 Å². The molecule has 1 heterocycles. The molecule has 0 aliphatic carbocycles. The van der Waals surface area contributed by atoms with Crippen molar-refractivity contribution in [2.45, 2.75) is 39.7 Å². The summed E-state index contributed by atoms with van der Waals surface area (Å²) in [6.45, 7) is 4.06. The topological polar surface area (TPSA) is 71.1 Å². The zero-order valence-electron chi connectivity index (χ0n) is 13.4. The van der Waals surface area contributed by atoms with Crippen molar-refractivity contribution in [2.24, 2.45) is 0 Å².